The van der Waals surface area contributed by atoms with Crippen LogP contribution in [0.5, 0.6) is 0 Å². The summed E-state index contributed by atoms with van der Waals surface area (Å²) in [5.41, 5.74) is 1.38. The summed E-state index contributed by atoms with van der Waals surface area (Å²) in [6.07, 6.45) is 3.39. The lowest BCUT2D eigenvalue weighted by Gasteiger charge is -2.26. The normalized spacial score (nSPS) is 13.5. The predicted molar refractivity (Wildman–Crippen MR) is 85.6 cm³/mol. The van der Waals surface area contributed by atoms with Crippen molar-refractivity contribution in [3.05, 3.63) is 34.3 Å². The van der Waals surface area contributed by atoms with Crippen LogP contribution in [-0.2, 0) is 11.2 Å². The number of methoxy groups -OCH3 is 1. The van der Waals surface area contributed by atoms with Crippen molar-refractivity contribution in [1.29, 1.82) is 0 Å². The minimum atomic E-state index is -0.0221. The molecule has 0 saturated carbocycles. The third-order valence-electron chi connectivity index (χ3n) is 3.64. The zero-order valence-corrected chi connectivity index (χ0v) is 14.1. The maximum absolute atomic E-state index is 5.51. The monoisotopic (exact) mass is 327 g/mol. The Morgan fingerprint density at radius 2 is 1.89 bits per heavy atom. The Kier molecular flexibility index (Phi) is 7.05. The Balaban J connectivity index is 2.55. The molecule has 0 radical (unpaired) electrons. The first-order valence-electron chi connectivity index (χ1n) is 6.91. The van der Waals surface area contributed by atoms with E-state index in [2.05, 4.69) is 59.4 Å². The van der Waals surface area contributed by atoms with Gasteiger partial charge in [0.15, 0.2) is 0 Å². The summed E-state index contributed by atoms with van der Waals surface area (Å²) >= 11 is 3.48. The molecule has 1 unspecified atom stereocenters. The third kappa shape index (κ3) is 6.55. The molecule has 1 aromatic rings. The van der Waals surface area contributed by atoms with E-state index in [9.17, 15) is 0 Å². The van der Waals surface area contributed by atoms with E-state index in [1.165, 1.54) is 12.0 Å². The number of halogens is 1. The van der Waals surface area contributed by atoms with Gasteiger partial charge in [0.1, 0.15) is 0 Å². The number of ether oxygens (including phenoxy) is 1. The molecule has 108 valence electrons. The van der Waals surface area contributed by atoms with Crippen molar-refractivity contribution in [3.63, 3.8) is 0 Å². The van der Waals surface area contributed by atoms with Crippen LogP contribution in [0.15, 0.2) is 28.7 Å². The van der Waals surface area contributed by atoms with Crippen molar-refractivity contribution in [2.24, 2.45) is 5.92 Å². The predicted octanol–water partition coefficient (Wildman–Crippen LogP) is 4.03. The molecule has 1 N–H and O–H groups in total. The molecule has 3 heteroatoms. The van der Waals surface area contributed by atoms with Gasteiger partial charge < -0.3 is 10.1 Å². The van der Waals surface area contributed by atoms with Crippen molar-refractivity contribution in [3.8, 4) is 0 Å². The van der Waals surface area contributed by atoms with Gasteiger partial charge in [0.2, 0.25) is 0 Å². The van der Waals surface area contributed by atoms with Gasteiger partial charge in [0, 0.05) is 11.6 Å². The standard InChI is InChI=1S/C16H26BrNO/c1-16(2,19-4)10-9-14(12-18-3)11-13-5-7-15(17)8-6-13/h5-8,14,18H,9-12H2,1-4H3. The number of benzene rings is 1. The van der Waals surface area contributed by atoms with Gasteiger partial charge in [0.25, 0.3) is 0 Å². The average Bonchev–Trinajstić information content (AvgIpc) is 2.39. The average molecular weight is 328 g/mol. The lowest BCUT2D eigenvalue weighted by atomic mass is 9.90. The molecule has 0 aromatic heterocycles. The highest BCUT2D eigenvalue weighted by Gasteiger charge is 2.19. The molecular formula is C16H26BrNO. The van der Waals surface area contributed by atoms with Gasteiger partial charge in [-0.3, -0.25) is 0 Å². The number of nitrogens with one attached hydrogen (secondary N) is 1. The first-order chi connectivity index (χ1) is 8.96. The van der Waals surface area contributed by atoms with Crippen molar-refractivity contribution in [2.75, 3.05) is 20.7 Å². The van der Waals surface area contributed by atoms with Crippen LogP contribution < -0.4 is 5.32 Å². The molecular weight excluding hydrogens is 302 g/mol. The van der Waals surface area contributed by atoms with Crippen LogP contribution in [0, 0.1) is 5.92 Å². The molecule has 0 aliphatic carbocycles. The summed E-state index contributed by atoms with van der Waals surface area (Å²) in [6, 6.07) is 8.64. The minimum absolute atomic E-state index is 0.0221. The van der Waals surface area contributed by atoms with Crippen molar-refractivity contribution in [1.82, 2.24) is 5.32 Å². The van der Waals surface area contributed by atoms with Gasteiger partial charge in [-0.25, -0.2) is 0 Å². The quantitative estimate of drug-likeness (QED) is 0.778. The lowest BCUT2D eigenvalue weighted by Crippen LogP contribution is -2.27. The highest BCUT2D eigenvalue weighted by atomic mass is 79.9. The molecule has 1 rings (SSSR count). The molecule has 0 amide bonds. The minimum Gasteiger partial charge on any atom is -0.379 e. The van der Waals surface area contributed by atoms with Crippen LogP contribution in [0.1, 0.15) is 32.3 Å². The smallest absolute Gasteiger partial charge is 0.0622 e. The lowest BCUT2D eigenvalue weighted by molar-refractivity contribution is 0.0104. The fraction of sp³-hybridized carbons (Fsp3) is 0.625. The van der Waals surface area contributed by atoms with Gasteiger partial charge in [0.05, 0.1) is 5.60 Å². The van der Waals surface area contributed by atoms with E-state index in [0.29, 0.717) is 5.92 Å². The van der Waals surface area contributed by atoms with E-state index >= 15 is 0 Å². The summed E-state index contributed by atoms with van der Waals surface area (Å²) in [5, 5.41) is 3.30. The molecule has 0 heterocycles. The van der Waals surface area contributed by atoms with Crippen LogP contribution in [0.4, 0.5) is 0 Å². The van der Waals surface area contributed by atoms with Gasteiger partial charge in [-0.05, 0) is 70.3 Å². The van der Waals surface area contributed by atoms with Crippen LogP contribution in [0.25, 0.3) is 0 Å². The summed E-state index contributed by atoms with van der Waals surface area (Å²) in [5.74, 6) is 0.653. The Morgan fingerprint density at radius 3 is 2.42 bits per heavy atom. The molecule has 0 saturated heterocycles. The van der Waals surface area contributed by atoms with E-state index in [-0.39, 0.29) is 5.60 Å². The largest absolute Gasteiger partial charge is 0.379 e. The van der Waals surface area contributed by atoms with Gasteiger partial charge in [-0.15, -0.1) is 0 Å². The molecule has 0 spiro atoms. The maximum atomic E-state index is 5.51. The van der Waals surface area contributed by atoms with E-state index in [1.807, 2.05) is 7.05 Å². The van der Waals surface area contributed by atoms with Crippen molar-refractivity contribution >= 4 is 15.9 Å². The fourth-order valence-electron chi connectivity index (χ4n) is 2.17. The Hall–Kier alpha value is -0.380. The second-order valence-electron chi connectivity index (χ2n) is 5.76. The molecule has 0 aliphatic rings. The van der Waals surface area contributed by atoms with Crippen LogP contribution in [-0.4, -0.2) is 26.3 Å². The number of rotatable bonds is 8. The second-order valence-corrected chi connectivity index (χ2v) is 6.67. The SMILES string of the molecule is CNCC(CCC(C)(C)OC)Cc1ccc(Br)cc1. The van der Waals surface area contributed by atoms with Gasteiger partial charge in [-0.1, -0.05) is 28.1 Å². The summed E-state index contributed by atoms with van der Waals surface area (Å²) in [6.45, 7) is 5.36. The van der Waals surface area contributed by atoms with E-state index < -0.39 is 0 Å². The van der Waals surface area contributed by atoms with Crippen molar-refractivity contribution in [2.45, 2.75) is 38.7 Å². The summed E-state index contributed by atoms with van der Waals surface area (Å²) in [7, 11) is 3.82. The summed E-state index contributed by atoms with van der Waals surface area (Å²) < 4.78 is 6.65. The number of hydrogen-bond acceptors (Lipinski definition) is 2. The van der Waals surface area contributed by atoms with Crippen LogP contribution >= 0.6 is 15.9 Å². The molecule has 1 aromatic carbocycles. The van der Waals surface area contributed by atoms with E-state index in [4.69, 9.17) is 4.74 Å². The fourth-order valence-corrected chi connectivity index (χ4v) is 2.44. The zero-order chi connectivity index (χ0) is 14.3. The zero-order valence-electron chi connectivity index (χ0n) is 12.5. The highest BCUT2D eigenvalue weighted by molar-refractivity contribution is 9.10. The van der Waals surface area contributed by atoms with Gasteiger partial charge in [-0.2, -0.15) is 0 Å². The topological polar surface area (TPSA) is 21.3 Å². The molecule has 1 atom stereocenters. The molecule has 0 aliphatic heterocycles. The third-order valence-corrected chi connectivity index (χ3v) is 4.17. The molecule has 2 nitrogen and oxygen atoms in total. The van der Waals surface area contributed by atoms with E-state index in [1.54, 1.807) is 7.11 Å². The second kappa shape index (κ2) is 8.03. The maximum Gasteiger partial charge on any atom is 0.0622 e. The van der Waals surface area contributed by atoms with Crippen molar-refractivity contribution < 1.29 is 4.74 Å². The first-order valence-corrected chi connectivity index (χ1v) is 7.70. The first kappa shape index (κ1) is 16.7. The van der Waals surface area contributed by atoms with Crippen LogP contribution in [0.2, 0.25) is 0 Å². The molecule has 0 bridgehead atoms. The highest BCUT2D eigenvalue weighted by Crippen LogP contribution is 2.22. The Labute approximate surface area is 126 Å². The molecule has 19 heavy (non-hydrogen) atoms. The number of hydrogen-bond donors (Lipinski definition) is 1. The Morgan fingerprint density at radius 1 is 1.26 bits per heavy atom. The van der Waals surface area contributed by atoms with Crippen LogP contribution in [0.3, 0.4) is 0 Å². The molecule has 0 fully saturated rings. The van der Waals surface area contributed by atoms with E-state index in [0.717, 1.165) is 23.9 Å². The summed E-state index contributed by atoms with van der Waals surface area (Å²) in [4.78, 5) is 0. The van der Waals surface area contributed by atoms with Gasteiger partial charge >= 0.3 is 0 Å². The Bertz CT molecular complexity index is 362.